The van der Waals surface area contributed by atoms with Crippen molar-refractivity contribution in [2.24, 2.45) is 17.2 Å². The molecule has 0 aliphatic heterocycles. The van der Waals surface area contributed by atoms with Crippen LogP contribution in [0.5, 0.6) is 0 Å². The Labute approximate surface area is 84.1 Å². The predicted octanol–water partition coefficient (Wildman–Crippen LogP) is -0.116. The van der Waals surface area contributed by atoms with Gasteiger partial charge in [0.1, 0.15) is 0 Å². The number of benzene rings is 1. The Balaban J connectivity index is 0.000000292. The number of nitrogens with two attached hydrogens (primary N) is 3. The molecule has 0 atom stereocenters. The number of hydrogen-bond donors (Lipinski definition) is 3. The molecule has 1 rings (SSSR count). The van der Waals surface area contributed by atoms with E-state index in [0.717, 1.165) is 0 Å². The van der Waals surface area contributed by atoms with Gasteiger partial charge in [-0.2, -0.15) is 0 Å². The summed E-state index contributed by atoms with van der Waals surface area (Å²) in [5.74, 6) is -0.468. The molecular weight excluding hydrogens is 178 g/mol. The lowest BCUT2D eigenvalue weighted by Crippen LogP contribution is -2.21. The van der Waals surface area contributed by atoms with Crippen LogP contribution >= 0.6 is 0 Å². The van der Waals surface area contributed by atoms with Gasteiger partial charge in [-0.05, 0) is 12.5 Å². The summed E-state index contributed by atoms with van der Waals surface area (Å²) < 4.78 is 0. The molecule has 0 fully saturated rings. The quantitative estimate of drug-likeness (QED) is 0.614. The van der Waals surface area contributed by atoms with Crippen LogP contribution in [0.4, 0.5) is 0 Å². The van der Waals surface area contributed by atoms with Gasteiger partial charge in [-0.15, -0.1) is 0 Å². The Morgan fingerprint density at radius 2 is 1.64 bits per heavy atom. The molecule has 1 amide bonds. The summed E-state index contributed by atoms with van der Waals surface area (Å²) in [5, 5.41) is 0. The van der Waals surface area contributed by atoms with Crippen molar-refractivity contribution < 1.29 is 4.79 Å². The fraction of sp³-hybridized carbons (Fsp3) is 0.300. The molecule has 0 saturated carbocycles. The van der Waals surface area contributed by atoms with E-state index in [9.17, 15) is 4.79 Å². The Morgan fingerprint density at radius 3 is 1.93 bits per heavy atom. The molecule has 0 radical (unpaired) electrons. The summed E-state index contributed by atoms with van der Waals surface area (Å²) >= 11 is 0. The van der Waals surface area contributed by atoms with Gasteiger partial charge in [0.2, 0.25) is 5.91 Å². The Hall–Kier alpha value is -1.39. The van der Waals surface area contributed by atoms with Gasteiger partial charge in [0.15, 0.2) is 0 Å². The van der Waals surface area contributed by atoms with Gasteiger partial charge in [0.25, 0.3) is 0 Å². The highest BCUT2D eigenvalue weighted by Crippen LogP contribution is 2.00. The number of carbonyl (C=O) groups is 1. The molecule has 0 aliphatic carbocycles. The molecule has 78 valence electrons. The maximum Gasteiger partial charge on any atom is 0.231 e. The van der Waals surface area contributed by atoms with E-state index >= 15 is 0 Å². The van der Waals surface area contributed by atoms with Crippen molar-refractivity contribution >= 4 is 5.91 Å². The van der Waals surface area contributed by atoms with E-state index in [0.29, 0.717) is 6.54 Å². The van der Waals surface area contributed by atoms with Crippen molar-refractivity contribution in [3.8, 4) is 0 Å². The van der Waals surface area contributed by atoms with Crippen molar-refractivity contribution in [2.45, 2.75) is 13.5 Å². The van der Waals surface area contributed by atoms with E-state index in [4.69, 9.17) is 11.5 Å². The van der Waals surface area contributed by atoms with Gasteiger partial charge in [-0.1, -0.05) is 29.8 Å². The van der Waals surface area contributed by atoms with Crippen molar-refractivity contribution in [2.75, 3.05) is 6.54 Å². The minimum Gasteiger partial charge on any atom is -0.369 e. The van der Waals surface area contributed by atoms with E-state index in [-0.39, 0.29) is 6.54 Å². The SMILES string of the molecule is Cc1ccc(CN)cc1.NCC(N)=O. The van der Waals surface area contributed by atoms with Crippen molar-refractivity contribution in [3.05, 3.63) is 35.4 Å². The molecule has 4 heteroatoms. The van der Waals surface area contributed by atoms with Crippen molar-refractivity contribution in [1.29, 1.82) is 0 Å². The fourth-order valence-corrected chi connectivity index (χ4v) is 0.724. The first-order valence-electron chi connectivity index (χ1n) is 4.34. The molecule has 1 aromatic rings. The predicted molar refractivity (Wildman–Crippen MR) is 57.3 cm³/mol. The first-order chi connectivity index (χ1) is 6.60. The van der Waals surface area contributed by atoms with Crippen LogP contribution < -0.4 is 17.2 Å². The summed E-state index contributed by atoms with van der Waals surface area (Å²) in [6.45, 7) is 2.65. The number of primary amides is 1. The largest absolute Gasteiger partial charge is 0.369 e. The Morgan fingerprint density at radius 1 is 1.21 bits per heavy atom. The minimum absolute atomic E-state index is 0.0556. The molecule has 4 nitrogen and oxygen atoms in total. The molecular formula is C10H17N3O. The molecule has 1 aromatic carbocycles. The van der Waals surface area contributed by atoms with Crippen molar-refractivity contribution in [3.63, 3.8) is 0 Å². The van der Waals surface area contributed by atoms with E-state index < -0.39 is 5.91 Å². The van der Waals surface area contributed by atoms with Gasteiger partial charge >= 0.3 is 0 Å². The molecule has 6 N–H and O–H groups in total. The van der Waals surface area contributed by atoms with Crippen LogP contribution in [0.3, 0.4) is 0 Å². The van der Waals surface area contributed by atoms with Gasteiger partial charge in [0, 0.05) is 6.54 Å². The van der Waals surface area contributed by atoms with Crippen LogP contribution in [0, 0.1) is 6.92 Å². The van der Waals surface area contributed by atoms with Crippen LogP contribution in [0.1, 0.15) is 11.1 Å². The molecule has 0 unspecified atom stereocenters. The van der Waals surface area contributed by atoms with Crippen LogP contribution in [-0.4, -0.2) is 12.5 Å². The van der Waals surface area contributed by atoms with E-state index in [1.807, 2.05) is 0 Å². The standard InChI is InChI=1S/C8H11N.C2H6N2O/c1-7-2-4-8(6-9)5-3-7;3-1-2(4)5/h2-5H,6,9H2,1H3;1,3H2,(H2,4,5). The third-order valence-corrected chi connectivity index (χ3v) is 1.56. The molecule has 14 heavy (non-hydrogen) atoms. The summed E-state index contributed by atoms with van der Waals surface area (Å²) in [6.07, 6.45) is 0. The van der Waals surface area contributed by atoms with Gasteiger partial charge in [-0.25, -0.2) is 0 Å². The molecule has 0 saturated heterocycles. The summed E-state index contributed by atoms with van der Waals surface area (Å²) in [5.41, 5.74) is 17.1. The Kier molecular flexibility index (Phi) is 6.36. The smallest absolute Gasteiger partial charge is 0.231 e. The van der Waals surface area contributed by atoms with E-state index in [2.05, 4.69) is 36.9 Å². The van der Waals surface area contributed by atoms with Crippen molar-refractivity contribution in [1.82, 2.24) is 0 Å². The molecule has 0 aliphatic rings. The van der Waals surface area contributed by atoms with Gasteiger partial charge < -0.3 is 17.2 Å². The first-order valence-corrected chi connectivity index (χ1v) is 4.34. The highest BCUT2D eigenvalue weighted by atomic mass is 16.1. The maximum atomic E-state index is 9.47. The van der Waals surface area contributed by atoms with E-state index in [1.54, 1.807) is 0 Å². The Bertz CT molecular complexity index is 269. The highest BCUT2D eigenvalue weighted by Gasteiger charge is 1.85. The van der Waals surface area contributed by atoms with Crippen LogP contribution in [-0.2, 0) is 11.3 Å². The number of aryl methyl sites for hydroxylation is 1. The van der Waals surface area contributed by atoms with Crippen LogP contribution in [0.15, 0.2) is 24.3 Å². The lowest BCUT2D eigenvalue weighted by molar-refractivity contribution is -0.116. The lowest BCUT2D eigenvalue weighted by Gasteiger charge is -1.94. The second-order valence-corrected chi connectivity index (χ2v) is 2.86. The topological polar surface area (TPSA) is 95.1 Å². The molecule has 0 bridgehead atoms. The fourth-order valence-electron chi connectivity index (χ4n) is 0.724. The summed E-state index contributed by atoms with van der Waals surface area (Å²) in [6, 6.07) is 8.25. The zero-order chi connectivity index (χ0) is 11.0. The van der Waals surface area contributed by atoms with E-state index in [1.165, 1.54) is 11.1 Å². The van der Waals surface area contributed by atoms with Gasteiger partial charge in [0.05, 0.1) is 6.54 Å². The highest BCUT2D eigenvalue weighted by molar-refractivity contribution is 5.75. The molecule has 0 aromatic heterocycles. The second kappa shape index (κ2) is 7.06. The third kappa shape index (κ3) is 6.16. The monoisotopic (exact) mass is 195 g/mol. The summed E-state index contributed by atoms with van der Waals surface area (Å²) in [4.78, 5) is 9.47. The average molecular weight is 195 g/mol. The summed E-state index contributed by atoms with van der Waals surface area (Å²) in [7, 11) is 0. The average Bonchev–Trinajstić information content (AvgIpc) is 2.20. The minimum atomic E-state index is -0.468. The molecule has 0 spiro atoms. The second-order valence-electron chi connectivity index (χ2n) is 2.86. The lowest BCUT2D eigenvalue weighted by atomic mass is 10.2. The van der Waals surface area contributed by atoms with Crippen LogP contribution in [0.2, 0.25) is 0 Å². The third-order valence-electron chi connectivity index (χ3n) is 1.56. The number of rotatable bonds is 2. The zero-order valence-electron chi connectivity index (χ0n) is 8.36. The zero-order valence-corrected chi connectivity index (χ0v) is 8.36. The normalized spacial score (nSPS) is 8.79. The van der Waals surface area contributed by atoms with Gasteiger partial charge in [-0.3, -0.25) is 4.79 Å². The van der Waals surface area contributed by atoms with Crippen LogP contribution in [0.25, 0.3) is 0 Å². The number of hydrogen-bond acceptors (Lipinski definition) is 3. The molecule has 0 heterocycles. The first kappa shape index (κ1) is 12.6. The maximum absolute atomic E-state index is 9.47. The number of amides is 1. The number of carbonyl (C=O) groups excluding carboxylic acids is 1.